The molecule has 0 aromatic heterocycles. The Morgan fingerprint density at radius 3 is 2.50 bits per heavy atom. The highest BCUT2D eigenvalue weighted by molar-refractivity contribution is 5.88. The van der Waals surface area contributed by atoms with Gasteiger partial charge in [0.25, 0.3) is 0 Å². The van der Waals surface area contributed by atoms with Crippen LogP contribution in [0.2, 0.25) is 0 Å². The number of benzene rings is 2. The zero-order chi connectivity index (χ0) is 14.5. The van der Waals surface area contributed by atoms with Crippen molar-refractivity contribution in [1.82, 2.24) is 0 Å². The number of rotatable bonds is 4. The number of hydrogen-bond donors (Lipinski definition) is 5. The summed E-state index contributed by atoms with van der Waals surface area (Å²) in [7, 11) is 0. The summed E-state index contributed by atoms with van der Waals surface area (Å²) in [6.45, 7) is 0.466. The number of carbonyl (C=O) groups excluding carboxylic acids is 1. The molecule has 0 atom stereocenters. The molecule has 0 aliphatic heterocycles. The van der Waals surface area contributed by atoms with Gasteiger partial charge in [-0.05, 0) is 35.9 Å². The van der Waals surface area contributed by atoms with E-state index >= 15 is 0 Å². The van der Waals surface area contributed by atoms with Gasteiger partial charge in [0.05, 0.1) is 0 Å². The van der Waals surface area contributed by atoms with Gasteiger partial charge in [0, 0.05) is 17.9 Å². The Hall–Kier alpha value is -2.89. The molecule has 0 unspecified atom stereocenters. The van der Waals surface area contributed by atoms with Crippen LogP contribution < -0.4 is 16.4 Å². The maximum absolute atomic E-state index is 10.8. The molecular weight excluding hydrogens is 258 g/mol. The Morgan fingerprint density at radius 1 is 1.05 bits per heavy atom. The molecule has 0 fully saturated rings. The minimum Gasteiger partial charge on any atom is -0.504 e. The predicted octanol–water partition coefficient (Wildman–Crippen LogP) is 2.20. The van der Waals surface area contributed by atoms with Crippen molar-refractivity contribution in [2.75, 3.05) is 10.6 Å². The number of nitrogens with one attached hydrogen (secondary N) is 2. The van der Waals surface area contributed by atoms with Gasteiger partial charge >= 0.3 is 6.03 Å². The molecule has 0 radical (unpaired) electrons. The lowest BCUT2D eigenvalue weighted by Crippen LogP contribution is -2.19. The molecule has 6 heteroatoms. The smallest absolute Gasteiger partial charge is 0.316 e. The number of amides is 2. The van der Waals surface area contributed by atoms with E-state index in [9.17, 15) is 15.0 Å². The fraction of sp³-hybridized carbons (Fsp3) is 0.0714. The van der Waals surface area contributed by atoms with Crippen LogP contribution >= 0.6 is 0 Å². The first-order valence-corrected chi connectivity index (χ1v) is 5.96. The fourth-order valence-electron chi connectivity index (χ4n) is 1.73. The van der Waals surface area contributed by atoms with E-state index in [1.165, 1.54) is 12.1 Å². The molecule has 104 valence electrons. The molecule has 0 heterocycles. The topological polar surface area (TPSA) is 108 Å². The maximum atomic E-state index is 10.8. The molecule has 0 bridgehead atoms. The summed E-state index contributed by atoms with van der Waals surface area (Å²) < 4.78 is 0. The molecular formula is C14H15N3O3. The molecule has 2 aromatic rings. The molecule has 0 aliphatic carbocycles. The van der Waals surface area contributed by atoms with E-state index in [-0.39, 0.29) is 11.5 Å². The second-order valence-electron chi connectivity index (χ2n) is 4.25. The summed E-state index contributed by atoms with van der Waals surface area (Å²) in [6.07, 6.45) is 0. The Labute approximate surface area is 115 Å². The van der Waals surface area contributed by atoms with Crippen LogP contribution in [0.1, 0.15) is 5.56 Å². The molecule has 2 aromatic carbocycles. The van der Waals surface area contributed by atoms with Gasteiger partial charge in [-0.1, -0.05) is 12.1 Å². The standard InChI is InChI=1S/C14H15N3O3/c15-14(20)17-11-3-1-2-10(7-11)16-8-9-4-5-12(18)13(19)6-9/h1-7,16,18-19H,8H2,(H3,15,17,20). The minimum absolute atomic E-state index is 0.151. The lowest BCUT2D eigenvalue weighted by molar-refractivity contribution is 0.259. The van der Waals surface area contributed by atoms with Crippen LogP contribution in [0.4, 0.5) is 16.2 Å². The van der Waals surface area contributed by atoms with Crippen molar-refractivity contribution < 1.29 is 15.0 Å². The van der Waals surface area contributed by atoms with Crippen molar-refractivity contribution >= 4 is 17.4 Å². The van der Waals surface area contributed by atoms with Crippen LogP contribution in [0.15, 0.2) is 42.5 Å². The van der Waals surface area contributed by atoms with E-state index < -0.39 is 6.03 Å². The second-order valence-corrected chi connectivity index (χ2v) is 4.25. The molecule has 0 saturated carbocycles. The fourth-order valence-corrected chi connectivity index (χ4v) is 1.73. The summed E-state index contributed by atoms with van der Waals surface area (Å²) in [5, 5.41) is 24.3. The lowest BCUT2D eigenvalue weighted by Gasteiger charge is -2.09. The van der Waals surface area contributed by atoms with Crippen molar-refractivity contribution in [3.8, 4) is 11.5 Å². The van der Waals surface area contributed by atoms with Gasteiger partial charge < -0.3 is 26.6 Å². The van der Waals surface area contributed by atoms with Gasteiger partial charge in [-0.2, -0.15) is 0 Å². The third-order valence-electron chi connectivity index (χ3n) is 2.67. The quantitative estimate of drug-likeness (QED) is 0.550. The van der Waals surface area contributed by atoms with Crippen LogP contribution in [-0.2, 0) is 6.54 Å². The van der Waals surface area contributed by atoms with Gasteiger partial charge in [0.2, 0.25) is 0 Å². The number of phenols is 2. The van der Waals surface area contributed by atoms with Gasteiger partial charge in [-0.15, -0.1) is 0 Å². The van der Waals surface area contributed by atoms with Crippen molar-refractivity contribution in [1.29, 1.82) is 0 Å². The van der Waals surface area contributed by atoms with Crippen LogP contribution in [0.5, 0.6) is 11.5 Å². The van der Waals surface area contributed by atoms with Crippen LogP contribution in [0, 0.1) is 0 Å². The summed E-state index contributed by atoms with van der Waals surface area (Å²) in [4.78, 5) is 10.8. The van der Waals surface area contributed by atoms with E-state index in [4.69, 9.17) is 5.73 Å². The van der Waals surface area contributed by atoms with Crippen LogP contribution in [-0.4, -0.2) is 16.2 Å². The highest BCUT2D eigenvalue weighted by atomic mass is 16.3. The lowest BCUT2D eigenvalue weighted by atomic mass is 10.2. The van der Waals surface area contributed by atoms with Crippen molar-refractivity contribution in [3.05, 3.63) is 48.0 Å². The Kier molecular flexibility index (Phi) is 3.95. The second kappa shape index (κ2) is 5.83. The average Bonchev–Trinajstić information content (AvgIpc) is 2.40. The SMILES string of the molecule is NC(=O)Nc1cccc(NCc2ccc(O)c(O)c2)c1. The van der Waals surface area contributed by atoms with Gasteiger partial charge in [-0.3, -0.25) is 0 Å². The number of primary amides is 1. The maximum Gasteiger partial charge on any atom is 0.316 e. The molecule has 20 heavy (non-hydrogen) atoms. The Balaban J connectivity index is 2.03. The monoisotopic (exact) mass is 273 g/mol. The highest BCUT2D eigenvalue weighted by Gasteiger charge is 2.02. The van der Waals surface area contributed by atoms with Crippen LogP contribution in [0.25, 0.3) is 0 Å². The third kappa shape index (κ3) is 3.55. The molecule has 0 saturated heterocycles. The number of phenolic OH excluding ortho intramolecular Hbond substituents is 2. The van der Waals surface area contributed by atoms with E-state index in [1.54, 1.807) is 24.3 Å². The number of aromatic hydroxyl groups is 2. The van der Waals surface area contributed by atoms with E-state index in [2.05, 4.69) is 10.6 Å². The summed E-state index contributed by atoms with van der Waals surface area (Å²) >= 11 is 0. The third-order valence-corrected chi connectivity index (χ3v) is 2.67. The molecule has 2 amide bonds. The highest BCUT2D eigenvalue weighted by Crippen LogP contribution is 2.25. The van der Waals surface area contributed by atoms with Crippen LogP contribution in [0.3, 0.4) is 0 Å². The van der Waals surface area contributed by atoms with E-state index in [1.807, 2.05) is 6.07 Å². The first-order valence-electron chi connectivity index (χ1n) is 5.96. The van der Waals surface area contributed by atoms with Gasteiger partial charge in [-0.25, -0.2) is 4.79 Å². The van der Waals surface area contributed by atoms with Crippen molar-refractivity contribution in [2.45, 2.75) is 6.54 Å². The van der Waals surface area contributed by atoms with Crippen molar-refractivity contribution in [3.63, 3.8) is 0 Å². The first kappa shape index (κ1) is 13.5. The molecule has 6 nitrogen and oxygen atoms in total. The largest absolute Gasteiger partial charge is 0.504 e. The summed E-state index contributed by atoms with van der Waals surface area (Å²) in [5.41, 5.74) is 7.25. The Morgan fingerprint density at radius 2 is 1.80 bits per heavy atom. The molecule has 0 spiro atoms. The van der Waals surface area contributed by atoms with Gasteiger partial charge in [0.15, 0.2) is 11.5 Å². The number of carbonyl (C=O) groups is 1. The molecule has 0 aliphatic rings. The zero-order valence-corrected chi connectivity index (χ0v) is 10.6. The number of anilines is 2. The molecule has 2 rings (SSSR count). The number of hydrogen-bond acceptors (Lipinski definition) is 4. The summed E-state index contributed by atoms with van der Waals surface area (Å²) in [6, 6.07) is 11.1. The first-order chi connectivity index (χ1) is 9.54. The van der Waals surface area contributed by atoms with Crippen molar-refractivity contribution in [2.24, 2.45) is 5.73 Å². The molecule has 6 N–H and O–H groups in total. The predicted molar refractivity (Wildman–Crippen MR) is 76.7 cm³/mol. The number of urea groups is 1. The minimum atomic E-state index is -0.620. The average molecular weight is 273 g/mol. The summed E-state index contributed by atoms with van der Waals surface area (Å²) in [5.74, 6) is -0.310. The number of nitrogens with two attached hydrogens (primary N) is 1. The normalized spacial score (nSPS) is 10.0. The van der Waals surface area contributed by atoms with Gasteiger partial charge in [0.1, 0.15) is 0 Å². The zero-order valence-electron chi connectivity index (χ0n) is 10.6. The van der Waals surface area contributed by atoms with E-state index in [0.29, 0.717) is 12.2 Å². The van der Waals surface area contributed by atoms with E-state index in [0.717, 1.165) is 11.3 Å². The Bertz CT molecular complexity index is 629.